The molecule has 2 aromatic carbocycles. The molecule has 1 atom stereocenters. The van der Waals surface area contributed by atoms with Gasteiger partial charge in [0.15, 0.2) is 0 Å². The van der Waals surface area contributed by atoms with Gasteiger partial charge in [-0.15, -0.1) is 0 Å². The summed E-state index contributed by atoms with van der Waals surface area (Å²) in [7, 11) is 0. The molecule has 1 saturated heterocycles. The number of likely N-dealkylation sites (tertiary alicyclic amines) is 1. The molecule has 4 rings (SSSR count). The van der Waals surface area contributed by atoms with Crippen LogP contribution in [0, 0.1) is 5.92 Å². The minimum Gasteiger partial charge on any atom is -0.465 e. The van der Waals surface area contributed by atoms with Crippen LogP contribution in [0.2, 0.25) is 0 Å². The summed E-state index contributed by atoms with van der Waals surface area (Å²) in [5, 5.41) is 20.2. The van der Waals surface area contributed by atoms with E-state index in [1.165, 1.54) is 10.5 Å². The number of hydrogen-bond donors (Lipinski definition) is 2. The van der Waals surface area contributed by atoms with Gasteiger partial charge in [-0.25, -0.2) is 9.78 Å². The Hall–Kier alpha value is -2.86. The first kappa shape index (κ1) is 18.5. The van der Waals surface area contributed by atoms with Gasteiger partial charge in [0.2, 0.25) is 0 Å². The Kier molecular flexibility index (Phi) is 5.30. The van der Waals surface area contributed by atoms with Crippen LogP contribution in [-0.2, 0) is 13.0 Å². The summed E-state index contributed by atoms with van der Waals surface area (Å²) in [6.07, 6.45) is 0.575. The molecule has 0 bridgehead atoms. The summed E-state index contributed by atoms with van der Waals surface area (Å²) < 4.78 is 2.12. The summed E-state index contributed by atoms with van der Waals surface area (Å²) in [6.45, 7) is 1.66. The third-order valence-corrected chi connectivity index (χ3v) is 5.67. The molecule has 28 heavy (non-hydrogen) atoms. The second kappa shape index (κ2) is 8.02. The molecule has 6 heteroatoms. The number of aliphatic hydroxyl groups is 1. The molecule has 1 fully saturated rings. The third kappa shape index (κ3) is 3.73. The second-order valence-corrected chi connectivity index (χ2v) is 7.40. The number of amides is 1. The first-order valence-corrected chi connectivity index (χ1v) is 9.78. The molecule has 3 aromatic rings. The molecule has 1 unspecified atom stereocenters. The number of piperidine rings is 1. The van der Waals surface area contributed by atoms with Gasteiger partial charge in [0.05, 0.1) is 11.0 Å². The van der Waals surface area contributed by atoms with Crippen LogP contribution in [0.4, 0.5) is 4.79 Å². The van der Waals surface area contributed by atoms with Crippen LogP contribution in [0.15, 0.2) is 54.6 Å². The standard InChI is InChI=1S/C22H25N3O3/c26-20(17-11-13-24(14-12-17)22(27)28)21-23-18-8-4-5-9-19(18)25(21)15-10-16-6-2-1-3-7-16/h1-9,17,20,26H,10-15H2,(H,27,28). The van der Waals surface area contributed by atoms with E-state index in [1.54, 1.807) is 0 Å². The first-order valence-electron chi connectivity index (χ1n) is 9.78. The van der Waals surface area contributed by atoms with Gasteiger partial charge >= 0.3 is 6.09 Å². The van der Waals surface area contributed by atoms with Crippen molar-refractivity contribution in [3.8, 4) is 0 Å². The smallest absolute Gasteiger partial charge is 0.407 e. The lowest BCUT2D eigenvalue weighted by Crippen LogP contribution is -2.39. The van der Waals surface area contributed by atoms with Gasteiger partial charge < -0.3 is 19.7 Å². The van der Waals surface area contributed by atoms with Gasteiger partial charge in [-0.3, -0.25) is 0 Å². The third-order valence-electron chi connectivity index (χ3n) is 5.67. The number of para-hydroxylation sites is 2. The van der Waals surface area contributed by atoms with E-state index in [-0.39, 0.29) is 5.92 Å². The highest BCUT2D eigenvalue weighted by atomic mass is 16.4. The van der Waals surface area contributed by atoms with Crippen LogP contribution >= 0.6 is 0 Å². The lowest BCUT2D eigenvalue weighted by molar-refractivity contribution is 0.0503. The van der Waals surface area contributed by atoms with Crippen LogP contribution in [0.5, 0.6) is 0 Å². The number of hydrogen-bond acceptors (Lipinski definition) is 3. The van der Waals surface area contributed by atoms with Crippen LogP contribution in [0.25, 0.3) is 11.0 Å². The summed E-state index contributed by atoms with van der Waals surface area (Å²) in [6, 6.07) is 18.3. The van der Waals surface area contributed by atoms with Gasteiger partial charge in [0.1, 0.15) is 11.9 Å². The van der Waals surface area contributed by atoms with Crippen molar-refractivity contribution in [1.29, 1.82) is 0 Å². The Morgan fingerprint density at radius 1 is 1.07 bits per heavy atom. The van der Waals surface area contributed by atoms with Gasteiger partial charge in [-0.2, -0.15) is 0 Å². The predicted octanol–water partition coefficient (Wildman–Crippen LogP) is 3.70. The topological polar surface area (TPSA) is 78.6 Å². The molecule has 146 valence electrons. The van der Waals surface area contributed by atoms with E-state index in [2.05, 4.69) is 16.7 Å². The van der Waals surface area contributed by atoms with Crippen molar-refractivity contribution in [1.82, 2.24) is 14.5 Å². The zero-order valence-corrected chi connectivity index (χ0v) is 15.7. The van der Waals surface area contributed by atoms with E-state index < -0.39 is 12.2 Å². The normalized spacial score (nSPS) is 16.4. The van der Waals surface area contributed by atoms with E-state index in [4.69, 9.17) is 10.1 Å². The highest BCUT2D eigenvalue weighted by Crippen LogP contribution is 2.32. The number of aromatic nitrogens is 2. The quantitative estimate of drug-likeness (QED) is 0.708. The molecule has 0 radical (unpaired) electrons. The summed E-state index contributed by atoms with van der Waals surface area (Å²) in [5.74, 6) is 0.703. The fourth-order valence-electron chi connectivity index (χ4n) is 4.06. The number of carboxylic acid groups (broad SMARTS) is 1. The molecule has 1 aliphatic rings. The molecule has 2 N–H and O–H groups in total. The predicted molar refractivity (Wildman–Crippen MR) is 107 cm³/mol. The zero-order valence-electron chi connectivity index (χ0n) is 15.7. The number of fused-ring (bicyclic) bond motifs is 1. The molecule has 1 aromatic heterocycles. The van der Waals surface area contributed by atoms with Crippen LogP contribution < -0.4 is 0 Å². The molecule has 1 aliphatic heterocycles. The molecule has 2 heterocycles. The second-order valence-electron chi connectivity index (χ2n) is 7.40. The van der Waals surface area contributed by atoms with Crippen molar-refractivity contribution < 1.29 is 15.0 Å². The fraction of sp³-hybridized carbons (Fsp3) is 0.364. The SMILES string of the molecule is O=C(O)N1CCC(C(O)c2nc3ccccc3n2CCc2ccccc2)CC1. The number of aliphatic hydroxyl groups excluding tert-OH is 1. The summed E-state index contributed by atoms with van der Waals surface area (Å²) >= 11 is 0. The first-order chi connectivity index (χ1) is 13.6. The highest BCUT2D eigenvalue weighted by Gasteiger charge is 2.31. The Labute approximate surface area is 164 Å². The Balaban J connectivity index is 1.58. The summed E-state index contributed by atoms with van der Waals surface area (Å²) in [5.41, 5.74) is 3.15. The minimum absolute atomic E-state index is 0.0166. The zero-order chi connectivity index (χ0) is 19.5. The van der Waals surface area contributed by atoms with E-state index in [0.717, 1.165) is 24.0 Å². The van der Waals surface area contributed by atoms with Crippen LogP contribution in [0.3, 0.4) is 0 Å². The Bertz CT molecular complexity index is 946. The monoisotopic (exact) mass is 379 g/mol. The molecule has 0 aliphatic carbocycles. The van der Waals surface area contributed by atoms with E-state index >= 15 is 0 Å². The lowest BCUT2D eigenvalue weighted by Gasteiger charge is -2.32. The number of aryl methyl sites for hydroxylation is 2. The molecular weight excluding hydrogens is 354 g/mol. The maximum absolute atomic E-state index is 11.1. The average Bonchev–Trinajstić information content (AvgIpc) is 3.11. The number of carbonyl (C=O) groups is 1. The number of benzene rings is 2. The fourth-order valence-corrected chi connectivity index (χ4v) is 4.06. The van der Waals surface area contributed by atoms with Crippen molar-refractivity contribution in [2.75, 3.05) is 13.1 Å². The highest BCUT2D eigenvalue weighted by molar-refractivity contribution is 5.76. The van der Waals surface area contributed by atoms with Crippen LogP contribution in [-0.4, -0.2) is 43.8 Å². The van der Waals surface area contributed by atoms with E-state index in [9.17, 15) is 9.90 Å². The molecular formula is C22H25N3O3. The molecule has 0 saturated carbocycles. The van der Waals surface area contributed by atoms with Crippen molar-refractivity contribution >= 4 is 17.1 Å². The number of imidazole rings is 1. The van der Waals surface area contributed by atoms with E-state index in [0.29, 0.717) is 31.8 Å². The minimum atomic E-state index is -0.886. The summed E-state index contributed by atoms with van der Waals surface area (Å²) in [4.78, 5) is 17.3. The van der Waals surface area contributed by atoms with Gasteiger partial charge in [0.25, 0.3) is 0 Å². The van der Waals surface area contributed by atoms with E-state index in [1.807, 2.05) is 42.5 Å². The largest absolute Gasteiger partial charge is 0.465 e. The molecule has 6 nitrogen and oxygen atoms in total. The molecule has 0 spiro atoms. The number of rotatable bonds is 5. The Morgan fingerprint density at radius 3 is 2.46 bits per heavy atom. The number of nitrogens with zero attached hydrogens (tertiary/aromatic N) is 3. The van der Waals surface area contributed by atoms with Crippen molar-refractivity contribution in [3.63, 3.8) is 0 Å². The Morgan fingerprint density at radius 2 is 1.75 bits per heavy atom. The average molecular weight is 379 g/mol. The lowest BCUT2D eigenvalue weighted by atomic mass is 9.91. The van der Waals surface area contributed by atoms with Gasteiger partial charge in [0, 0.05) is 19.6 Å². The van der Waals surface area contributed by atoms with Crippen molar-refractivity contribution in [3.05, 3.63) is 66.0 Å². The van der Waals surface area contributed by atoms with Crippen molar-refractivity contribution in [2.45, 2.75) is 31.9 Å². The van der Waals surface area contributed by atoms with Crippen molar-refractivity contribution in [2.24, 2.45) is 5.92 Å². The van der Waals surface area contributed by atoms with Gasteiger partial charge in [-0.1, -0.05) is 42.5 Å². The van der Waals surface area contributed by atoms with Crippen LogP contribution in [0.1, 0.15) is 30.3 Å². The maximum atomic E-state index is 11.1. The van der Waals surface area contributed by atoms with Gasteiger partial charge in [-0.05, 0) is 42.9 Å². The molecule has 1 amide bonds. The maximum Gasteiger partial charge on any atom is 0.407 e.